The summed E-state index contributed by atoms with van der Waals surface area (Å²) in [5.41, 5.74) is 1.82. The number of esters is 1. The van der Waals surface area contributed by atoms with Gasteiger partial charge in [-0.3, -0.25) is 0 Å². The van der Waals surface area contributed by atoms with E-state index in [0.29, 0.717) is 23.5 Å². The molecule has 0 unspecified atom stereocenters. The first-order valence-corrected chi connectivity index (χ1v) is 7.91. The third-order valence-corrected chi connectivity index (χ3v) is 3.53. The van der Waals surface area contributed by atoms with Crippen molar-refractivity contribution >= 4 is 16.9 Å². The fraction of sp³-hybridized carbons (Fsp3) is 0.444. The molecule has 5 heteroatoms. The molecular weight excluding hydrogens is 296 g/mol. The minimum Gasteiger partial charge on any atom is -0.481 e. The molecule has 0 saturated heterocycles. The van der Waals surface area contributed by atoms with Gasteiger partial charge >= 0.3 is 11.6 Å². The molecule has 0 N–H and O–H groups in total. The number of hydrogen-bond acceptors (Lipinski definition) is 5. The van der Waals surface area contributed by atoms with Gasteiger partial charge in [0.2, 0.25) is 0 Å². The standard InChI is InChI=1S/C18H22O5/c1-4-6-13-10-16(19)23-18-12(3)15(8-7-14(13)18)22-11-17(20)21-9-5-2/h7-8,10H,4-6,9,11H2,1-3H3. The molecule has 1 aromatic heterocycles. The minimum atomic E-state index is -0.410. The van der Waals surface area contributed by atoms with Crippen molar-refractivity contribution in [1.82, 2.24) is 0 Å². The van der Waals surface area contributed by atoms with Crippen molar-refractivity contribution in [2.75, 3.05) is 13.2 Å². The third-order valence-electron chi connectivity index (χ3n) is 3.53. The van der Waals surface area contributed by atoms with Crippen LogP contribution < -0.4 is 10.4 Å². The van der Waals surface area contributed by atoms with E-state index in [-0.39, 0.29) is 12.2 Å². The lowest BCUT2D eigenvalue weighted by Gasteiger charge is -2.12. The van der Waals surface area contributed by atoms with Crippen molar-refractivity contribution in [1.29, 1.82) is 0 Å². The summed E-state index contributed by atoms with van der Waals surface area (Å²) in [7, 11) is 0. The molecule has 0 bridgehead atoms. The van der Waals surface area contributed by atoms with Gasteiger partial charge in [0.15, 0.2) is 6.61 Å². The lowest BCUT2D eigenvalue weighted by Crippen LogP contribution is -2.15. The Bertz CT molecular complexity index is 745. The van der Waals surface area contributed by atoms with Gasteiger partial charge in [-0.15, -0.1) is 0 Å². The van der Waals surface area contributed by atoms with Gasteiger partial charge in [0, 0.05) is 17.0 Å². The van der Waals surface area contributed by atoms with E-state index >= 15 is 0 Å². The van der Waals surface area contributed by atoms with Crippen molar-refractivity contribution in [3.63, 3.8) is 0 Å². The molecule has 0 radical (unpaired) electrons. The normalized spacial score (nSPS) is 10.7. The second-order valence-electron chi connectivity index (χ2n) is 5.42. The van der Waals surface area contributed by atoms with Crippen LogP contribution in [0.2, 0.25) is 0 Å². The van der Waals surface area contributed by atoms with Crippen LogP contribution in [0.5, 0.6) is 5.75 Å². The van der Waals surface area contributed by atoms with Gasteiger partial charge < -0.3 is 13.9 Å². The van der Waals surface area contributed by atoms with Crippen LogP contribution in [0.3, 0.4) is 0 Å². The Hall–Kier alpha value is -2.30. The van der Waals surface area contributed by atoms with Gasteiger partial charge in [-0.2, -0.15) is 0 Å². The molecule has 0 amide bonds. The van der Waals surface area contributed by atoms with E-state index in [1.807, 2.05) is 19.9 Å². The summed E-state index contributed by atoms with van der Waals surface area (Å²) in [5, 5.41) is 0.907. The summed E-state index contributed by atoms with van der Waals surface area (Å²) in [6.07, 6.45) is 2.52. The van der Waals surface area contributed by atoms with Crippen LogP contribution in [0.25, 0.3) is 11.0 Å². The molecule has 0 spiro atoms. The number of fused-ring (bicyclic) bond motifs is 1. The largest absolute Gasteiger partial charge is 0.481 e. The summed E-state index contributed by atoms with van der Waals surface area (Å²) >= 11 is 0. The second kappa shape index (κ2) is 7.81. The monoisotopic (exact) mass is 318 g/mol. The van der Waals surface area contributed by atoms with E-state index in [2.05, 4.69) is 6.92 Å². The molecule has 0 fully saturated rings. The zero-order chi connectivity index (χ0) is 16.8. The molecule has 5 nitrogen and oxygen atoms in total. The number of carbonyl (C=O) groups excluding carboxylic acids is 1. The Labute approximate surface area is 135 Å². The van der Waals surface area contributed by atoms with Crippen LogP contribution in [0.4, 0.5) is 0 Å². The average Bonchev–Trinajstić information content (AvgIpc) is 2.53. The highest BCUT2D eigenvalue weighted by Gasteiger charge is 2.13. The molecule has 2 rings (SSSR count). The van der Waals surface area contributed by atoms with E-state index in [4.69, 9.17) is 13.9 Å². The Kier molecular flexibility index (Phi) is 5.79. The fourth-order valence-electron chi connectivity index (χ4n) is 2.43. The maximum atomic E-state index is 11.7. The molecule has 1 heterocycles. The molecule has 2 aromatic rings. The van der Waals surface area contributed by atoms with Crippen molar-refractivity contribution in [3.05, 3.63) is 39.7 Å². The molecular formula is C18H22O5. The van der Waals surface area contributed by atoms with Crippen LogP contribution in [0.15, 0.2) is 27.4 Å². The van der Waals surface area contributed by atoms with Crippen molar-refractivity contribution < 1.29 is 18.7 Å². The zero-order valence-electron chi connectivity index (χ0n) is 13.8. The maximum Gasteiger partial charge on any atom is 0.344 e. The molecule has 0 aliphatic heterocycles. The number of aryl methyl sites for hydroxylation is 2. The smallest absolute Gasteiger partial charge is 0.344 e. The average molecular weight is 318 g/mol. The summed E-state index contributed by atoms with van der Waals surface area (Å²) in [4.78, 5) is 23.3. The molecule has 23 heavy (non-hydrogen) atoms. The first-order valence-electron chi connectivity index (χ1n) is 7.91. The summed E-state index contributed by atoms with van der Waals surface area (Å²) < 4.78 is 15.8. The minimum absolute atomic E-state index is 0.161. The van der Waals surface area contributed by atoms with Crippen LogP contribution in [0, 0.1) is 6.92 Å². The van der Waals surface area contributed by atoms with Crippen LogP contribution in [0.1, 0.15) is 37.8 Å². The Balaban J connectivity index is 2.28. The number of hydrogen-bond donors (Lipinski definition) is 0. The van der Waals surface area contributed by atoms with E-state index in [0.717, 1.165) is 30.2 Å². The predicted molar refractivity (Wildman–Crippen MR) is 88.0 cm³/mol. The number of benzene rings is 1. The fourth-order valence-corrected chi connectivity index (χ4v) is 2.43. The highest BCUT2D eigenvalue weighted by atomic mass is 16.6. The van der Waals surface area contributed by atoms with E-state index in [1.165, 1.54) is 6.07 Å². The van der Waals surface area contributed by atoms with Crippen molar-refractivity contribution in [3.8, 4) is 5.75 Å². The molecule has 0 saturated carbocycles. The Morgan fingerprint density at radius 1 is 1.22 bits per heavy atom. The van der Waals surface area contributed by atoms with Crippen LogP contribution in [-0.2, 0) is 16.0 Å². The van der Waals surface area contributed by atoms with Crippen LogP contribution >= 0.6 is 0 Å². The highest BCUT2D eigenvalue weighted by Crippen LogP contribution is 2.28. The highest BCUT2D eigenvalue weighted by molar-refractivity contribution is 5.85. The topological polar surface area (TPSA) is 65.7 Å². The van der Waals surface area contributed by atoms with E-state index in [9.17, 15) is 9.59 Å². The second-order valence-corrected chi connectivity index (χ2v) is 5.42. The zero-order valence-corrected chi connectivity index (χ0v) is 13.8. The molecule has 0 aliphatic rings. The summed E-state index contributed by atoms with van der Waals surface area (Å²) in [5.74, 6) is 0.107. The van der Waals surface area contributed by atoms with E-state index in [1.54, 1.807) is 6.07 Å². The lowest BCUT2D eigenvalue weighted by molar-refractivity contribution is -0.146. The first kappa shape index (κ1) is 17.1. The Morgan fingerprint density at radius 2 is 2.00 bits per heavy atom. The first-order chi connectivity index (χ1) is 11.1. The molecule has 0 atom stereocenters. The predicted octanol–water partition coefficient (Wildman–Crippen LogP) is 3.39. The SMILES string of the molecule is CCCOC(=O)COc1ccc2c(CCC)cc(=O)oc2c1C. The van der Waals surface area contributed by atoms with Gasteiger partial charge in [0.1, 0.15) is 11.3 Å². The quantitative estimate of drug-likeness (QED) is 0.578. The van der Waals surface area contributed by atoms with Gasteiger partial charge in [-0.05, 0) is 37.5 Å². The van der Waals surface area contributed by atoms with Crippen molar-refractivity contribution in [2.45, 2.75) is 40.0 Å². The lowest BCUT2D eigenvalue weighted by atomic mass is 10.0. The maximum absolute atomic E-state index is 11.7. The van der Waals surface area contributed by atoms with Gasteiger partial charge in [-0.1, -0.05) is 20.3 Å². The number of rotatable bonds is 7. The summed E-state index contributed by atoms with van der Waals surface area (Å²) in [6.45, 7) is 6.03. The van der Waals surface area contributed by atoms with Gasteiger partial charge in [0.05, 0.1) is 6.61 Å². The third kappa shape index (κ3) is 4.12. The van der Waals surface area contributed by atoms with Gasteiger partial charge in [-0.25, -0.2) is 9.59 Å². The van der Waals surface area contributed by atoms with Crippen molar-refractivity contribution in [2.24, 2.45) is 0 Å². The molecule has 1 aromatic carbocycles. The van der Waals surface area contributed by atoms with E-state index < -0.39 is 5.97 Å². The number of ether oxygens (including phenoxy) is 2. The summed E-state index contributed by atoms with van der Waals surface area (Å²) in [6, 6.07) is 5.20. The van der Waals surface area contributed by atoms with Gasteiger partial charge in [0.25, 0.3) is 0 Å². The Morgan fingerprint density at radius 3 is 2.70 bits per heavy atom. The number of carbonyl (C=O) groups is 1. The molecule has 0 aliphatic carbocycles. The van der Waals surface area contributed by atoms with Crippen LogP contribution in [-0.4, -0.2) is 19.2 Å². The molecule has 124 valence electrons.